The van der Waals surface area contributed by atoms with Gasteiger partial charge in [0.05, 0.1) is 33.1 Å². The van der Waals surface area contributed by atoms with Gasteiger partial charge < -0.3 is 9.13 Å². The minimum absolute atomic E-state index is 1.02. The number of fused-ring (bicyclic) bond motifs is 6. The highest BCUT2D eigenvalue weighted by Gasteiger charge is 2.19. The van der Waals surface area contributed by atoms with Crippen molar-refractivity contribution in [3.63, 3.8) is 0 Å². The third-order valence-electron chi connectivity index (χ3n) is 7.51. The molecular weight excluding hydrogens is 462 g/mol. The number of aromatic nitrogens is 3. The molecule has 8 aromatic rings. The summed E-state index contributed by atoms with van der Waals surface area (Å²) in [6.45, 7) is 0. The van der Waals surface area contributed by atoms with E-state index in [-0.39, 0.29) is 0 Å². The van der Waals surface area contributed by atoms with E-state index in [1.54, 1.807) is 0 Å². The summed E-state index contributed by atoms with van der Waals surface area (Å²) < 4.78 is 4.68. The van der Waals surface area contributed by atoms with Crippen molar-refractivity contribution in [3.05, 3.63) is 140 Å². The molecule has 0 fully saturated rings. The van der Waals surface area contributed by atoms with E-state index >= 15 is 0 Å². The lowest BCUT2D eigenvalue weighted by Crippen LogP contribution is -1.96. The number of hydrogen-bond acceptors (Lipinski definition) is 1. The summed E-state index contributed by atoms with van der Waals surface area (Å²) in [5.74, 6) is 0. The van der Waals surface area contributed by atoms with E-state index in [4.69, 9.17) is 4.98 Å². The minimum atomic E-state index is 1.02. The van der Waals surface area contributed by atoms with Crippen LogP contribution in [0.3, 0.4) is 0 Å². The Morgan fingerprint density at radius 1 is 0.368 bits per heavy atom. The molecule has 0 unspecified atom stereocenters. The van der Waals surface area contributed by atoms with Crippen LogP contribution < -0.4 is 0 Å². The van der Waals surface area contributed by atoms with Crippen LogP contribution in [0.2, 0.25) is 0 Å². The number of hydrogen-bond donors (Lipinski definition) is 0. The van der Waals surface area contributed by atoms with Gasteiger partial charge in [0.2, 0.25) is 0 Å². The Kier molecular flexibility index (Phi) is 4.52. The molecule has 38 heavy (non-hydrogen) atoms. The molecule has 0 spiro atoms. The Morgan fingerprint density at radius 3 is 1.39 bits per heavy atom. The van der Waals surface area contributed by atoms with Crippen molar-refractivity contribution in [2.24, 2.45) is 0 Å². The summed E-state index contributed by atoms with van der Waals surface area (Å²) >= 11 is 0. The molecule has 0 saturated carbocycles. The summed E-state index contributed by atoms with van der Waals surface area (Å²) in [7, 11) is 0. The van der Waals surface area contributed by atoms with Crippen LogP contribution in [-0.4, -0.2) is 14.1 Å². The van der Waals surface area contributed by atoms with Crippen molar-refractivity contribution in [1.82, 2.24) is 14.1 Å². The predicted molar refractivity (Wildman–Crippen MR) is 158 cm³/mol. The van der Waals surface area contributed by atoms with Crippen molar-refractivity contribution in [3.8, 4) is 22.5 Å². The van der Waals surface area contributed by atoms with Gasteiger partial charge in [-0.15, -0.1) is 0 Å². The van der Waals surface area contributed by atoms with Crippen LogP contribution in [0.1, 0.15) is 0 Å². The largest absolute Gasteiger partial charge is 0.308 e. The summed E-state index contributed by atoms with van der Waals surface area (Å²) in [5.41, 5.74) is 11.3. The Bertz CT molecular complexity index is 2100. The predicted octanol–water partition coefficient (Wildman–Crippen LogP) is 8.94. The van der Waals surface area contributed by atoms with Crippen molar-refractivity contribution in [2.45, 2.75) is 0 Å². The molecule has 0 saturated heterocycles. The molecule has 8 rings (SSSR count). The lowest BCUT2D eigenvalue weighted by molar-refractivity contribution is 1.16. The fraction of sp³-hybridized carbons (Fsp3) is 0. The van der Waals surface area contributed by atoms with E-state index in [0.717, 1.165) is 55.2 Å². The maximum atomic E-state index is 5.35. The second-order valence-corrected chi connectivity index (χ2v) is 9.68. The van der Waals surface area contributed by atoms with Crippen molar-refractivity contribution < 1.29 is 0 Å². The van der Waals surface area contributed by atoms with Crippen LogP contribution in [-0.2, 0) is 0 Å². The normalized spacial score (nSPS) is 11.7. The Hall–Kier alpha value is -5.15. The lowest BCUT2D eigenvalue weighted by atomic mass is 10.1. The number of pyridine rings is 1. The standard InChI is InChI=1S/C35H23N3/c1-3-11-24(12-4-1)25-19-21-27(22-20-25)38-31-18-10-8-16-29(31)35-33(38)23-32-34(36-35)28-15-7-9-17-30(28)37(32)26-13-5-2-6-14-26/h1-23H. The van der Waals surface area contributed by atoms with Gasteiger partial charge in [0, 0.05) is 22.1 Å². The molecule has 0 radical (unpaired) electrons. The smallest absolute Gasteiger partial charge is 0.0972 e. The third-order valence-corrected chi connectivity index (χ3v) is 7.51. The third kappa shape index (κ3) is 3.06. The molecule has 0 aliphatic heterocycles. The monoisotopic (exact) mass is 485 g/mol. The quantitative estimate of drug-likeness (QED) is 0.245. The minimum Gasteiger partial charge on any atom is -0.308 e. The molecule has 0 atom stereocenters. The number of nitrogens with zero attached hydrogens (tertiary/aromatic N) is 3. The highest BCUT2D eigenvalue weighted by Crippen LogP contribution is 2.37. The van der Waals surface area contributed by atoms with Crippen molar-refractivity contribution in [1.29, 1.82) is 0 Å². The topological polar surface area (TPSA) is 22.8 Å². The Labute approximate surface area is 219 Å². The number of rotatable bonds is 3. The molecule has 0 aliphatic carbocycles. The molecule has 178 valence electrons. The maximum absolute atomic E-state index is 5.35. The average Bonchev–Trinajstić information content (AvgIpc) is 3.49. The van der Waals surface area contributed by atoms with Gasteiger partial charge in [-0.2, -0.15) is 0 Å². The van der Waals surface area contributed by atoms with Gasteiger partial charge in [-0.05, 0) is 53.6 Å². The van der Waals surface area contributed by atoms with Gasteiger partial charge >= 0.3 is 0 Å². The molecule has 0 aliphatic rings. The fourth-order valence-electron chi connectivity index (χ4n) is 5.79. The summed E-state index contributed by atoms with van der Waals surface area (Å²) in [5, 5.41) is 2.32. The first-order valence-electron chi connectivity index (χ1n) is 12.9. The first kappa shape index (κ1) is 21.0. The number of benzene rings is 5. The van der Waals surface area contributed by atoms with Crippen LogP contribution in [0.15, 0.2) is 140 Å². The van der Waals surface area contributed by atoms with Crippen molar-refractivity contribution >= 4 is 43.9 Å². The van der Waals surface area contributed by atoms with Crippen LogP contribution in [0.4, 0.5) is 0 Å². The molecule has 0 N–H and O–H groups in total. The lowest BCUT2D eigenvalue weighted by Gasteiger charge is -2.10. The second kappa shape index (κ2) is 8.19. The van der Waals surface area contributed by atoms with Crippen LogP contribution in [0, 0.1) is 0 Å². The zero-order valence-corrected chi connectivity index (χ0v) is 20.6. The van der Waals surface area contributed by atoms with Gasteiger partial charge in [0.15, 0.2) is 0 Å². The average molecular weight is 486 g/mol. The highest BCUT2D eigenvalue weighted by atomic mass is 15.0. The zero-order valence-electron chi connectivity index (χ0n) is 20.6. The van der Waals surface area contributed by atoms with E-state index in [1.807, 2.05) is 0 Å². The first-order chi connectivity index (χ1) is 18.9. The zero-order chi connectivity index (χ0) is 25.1. The summed E-state index contributed by atoms with van der Waals surface area (Å²) in [4.78, 5) is 5.35. The van der Waals surface area contributed by atoms with E-state index in [0.29, 0.717) is 0 Å². The van der Waals surface area contributed by atoms with Crippen LogP contribution >= 0.6 is 0 Å². The SMILES string of the molecule is c1ccc(-c2ccc(-n3c4ccccc4c4nc5c6ccccc6n(-c6ccccc6)c5cc43)cc2)cc1. The Balaban J connectivity index is 1.45. The van der Waals surface area contributed by atoms with Gasteiger partial charge in [-0.1, -0.05) is 97.1 Å². The molecule has 5 aromatic carbocycles. The molecule has 0 bridgehead atoms. The second-order valence-electron chi connectivity index (χ2n) is 9.68. The molecule has 3 heteroatoms. The van der Waals surface area contributed by atoms with E-state index in [9.17, 15) is 0 Å². The van der Waals surface area contributed by atoms with E-state index in [2.05, 4.69) is 149 Å². The van der Waals surface area contributed by atoms with Crippen LogP contribution in [0.5, 0.6) is 0 Å². The summed E-state index contributed by atoms with van der Waals surface area (Å²) in [6, 6.07) is 49.4. The van der Waals surface area contributed by atoms with Gasteiger partial charge in [-0.3, -0.25) is 0 Å². The molecule has 3 nitrogen and oxygen atoms in total. The molecule has 3 aromatic heterocycles. The molecule has 0 amide bonds. The summed E-state index contributed by atoms with van der Waals surface area (Å²) in [6.07, 6.45) is 0. The fourth-order valence-corrected chi connectivity index (χ4v) is 5.79. The highest BCUT2D eigenvalue weighted by molar-refractivity contribution is 6.15. The Morgan fingerprint density at radius 2 is 0.816 bits per heavy atom. The van der Waals surface area contributed by atoms with E-state index < -0.39 is 0 Å². The van der Waals surface area contributed by atoms with Crippen molar-refractivity contribution in [2.75, 3.05) is 0 Å². The first-order valence-corrected chi connectivity index (χ1v) is 12.9. The maximum Gasteiger partial charge on any atom is 0.0972 e. The molecule has 3 heterocycles. The van der Waals surface area contributed by atoms with Gasteiger partial charge in [0.1, 0.15) is 0 Å². The van der Waals surface area contributed by atoms with Crippen LogP contribution in [0.25, 0.3) is 66.4 Å². The van der Waals surface area contributed by atoms with Gasteiger partial charge in [0.25, 0.3) is 0 Å². The van der Waals surface area contributed by atoms with Gasteiger partial charge in [-0.25, -0.2) is 4.98 Å². The molecular formula is C35H23N3. The van der Waals surface area contributed by atoms with E-state index in [1.165, 1.54) is 11.1 Å². The number of para-hydroxylation sites is 3.